The molecule has 17 heavy (non-hydrogen) atoms. The van der Waals surface area contributed by atoms with Crippen molar-refractivity contribution in [1.82, 2.24) is 9.03 Å². The first-order valence-corrected chi connectivity index (χ1v) is 7.23. The van der Waals surface area contributed by atoms with Gasteiger partial charge in [0.25, 0.3) is 10.2 Å². The summed E-state index contributed by atoms with van der Waals surface area (Å²) >= 11 is 0. The van der Waals surface area contributed by atoms with Crippen LogP contribution in [0.15, 0.2) is 0 Å². The van der Waals surface area contributed by atoms with E-state index in [1.807, 2.05) is 13.8 Å². The van der Waals surface area contributed by atoms with Gasteiger partial charge in [-0.2, -0.15) is 17.4 Å². The number of aliphatic hydroxyl groups excluding tert-OH is 1. The summed E-state index contributed by atoms with van der Waals surface area (Å²) in [7, 11) is -1.96. The van der Waals surface area contributed by atoms with Gasteiger partial charge in [0.1, 0.15) is 0 Å². The molecule has 7 heteroatoms. The molecule has 2 N–H and O–H groups in total. The van der Waals surface area contributed by atoms with E-state index in [9.17, 15) is 8.42 Å². The SMILES string of the molecule is CC(C)COCCNS(=O)(=O)N(C)CCCO. The molecule has 0 unspecified atom stereocenters. The van der Waals surface area contributed by atoms with Crippen LogP contribution in [0.5, 0.6) is 0 Å². The second kappa shape index (κ2) is 8.82. The monoisotopic (exact) mass is 268 g/mol. The molecule has 0 spiro atoms. The number of nitrogens with zero attached hydrogens (tertiary/aromatic N) is 1. The minimum atomic E-state index is -3.44. The summed E-state index contributed by atoms with van der Waals surface area (Å²) in [6, 6.07) is 0. The molecule has 0 aromatic carbocycles. The van der Waals surface area contributed by atoms with E-state index in [0.717, 1.165) is 0 Å². The molecule has 0 aliphatic heterocycles. The number of hydrogen-bond acceptors (Lipinski definition) is 4. The highest BCUT2D eigenvalue weighted by Crippen LogP contribution is 1.95. The van der Waals surface area contributed by atoms with Crippen molar-refractivity contribution in [3.63, 3.8) is 0 Å². The van der Waals surface area contributed by atoms with Crippen LogP contribution in [0, 0.1) is 5.92 Å². The van der Waals surface area contributed by atoms with Gasteiger partial charge >= 0.3 is 0 Å². The van der Waals surface area contributed by atoms with Crippen molar-refractivity contribution in [3.8, 4) is 0 Å². The van der Waals surface area contributed by atoms with Crippen molar-refractivity contribution < 1.29 is 18.3 Å². The Hall–Kier alpha value is -0.210. The van der Waals surface area contributed by atoms with E-state index in [0.29, 0.717) is 32.1 Å². The van der Waals surface area contributed by atoms with Gasteiger partial charge in [0, 0.05) is 33.4 Å². The molecule has 104 valence electrons. The van der Waals surface area contributed by atoms with Gasteiger partial charge in [0.15, 0.2) is 0 Å². The van der Waals surface area contributed by atoms with Gasteiger partial charge in [0.05, 0.1) is 6.61 Å². The van der Waals surface area contributed by atoms with Crippen LogP contribution in [-0.4, -0.2) is 57.8 Å². The predicted molar refractivity (Wildman–Crippen MR) is 66.9 cm³/mol. The molecular formula is C10H24N2O4S. The van der Waals surface area contributed by atoms with E-state index >= 15 is 0 Å². The summed E-state index contributed by atoms with van der Waals surface area (Å²) in [6.07, 6.45) is 0.432. The van der Waals surface area contributed by atoms with E-state index < -0.39 is 10.2 Å². The van der Waals surface area contributed by atoms with Gasteiger partial charge in [-0.25, -0.2) is 0 Å². The zero-order valence-electron chi connectivity index (χ0n) is 10.8. The lowest BCUT2D eigenvalue weighted by atomic mass is 10.2. The second-order valence-electron chi connectivity index (χ2n) is 4.27. The number of hydrogen-bond donors (Lipinski definition) is 2. The molecule has 0 radical (unpaired) electrons. The predicted octanol–water partition coefficient (Wildman–Crippen LogP) is -0.192. The summed E-state index contributed by atoms with van der Waals surface area (Å²) in [4.78, 5) is 0. The summed E-state index contributed by atoms with van der Waals surface area (Å²) in [5, 5.41) is 8.62. The van der Waals surface area contributed by atoms with Gasteiger partial charge in [-0.1, -0.05) is 13.8 Å². The summed E-state index contributed by atoms with van der Waals surface area (Å²) in [5.74, 6) is 0.443. The van der Waals surface area contributed by atoms with Crippen LogP contribution in [0.4, 0.5) is 0 Å². The zero-order valence-corrected chi connectivity index (χ0v) is 11.7. The van der Waals surface area contributed by atoms with Crippen molar-refractivity contribution in [3.05, 3.63) is 0 Å². The maximum absolute atomic E-state index is 11.6. The van der Waals surface area contributed by atoms with Crippen LogP contribution in [0.2, 0.25) is 0 Å². The van der Waals surface area contributed by atoms with Crippen LogP contribution in [0.25, 0.3) is 0 Å². The highest BCUT2D eigenvalue weighted by molar-refractivity contribution is 7.87. The highest BCUT2D eigenvalue weighted by Gasteiger charge is 2.15. The molecule has 0 aliphatic carbocycles. The number of rotatable bonds is 10. The van der Waals surface area contributed by atoms with Crippen LogP contribution in [0.1, 0.15) is 20.3 Å². The zero-order chi connectivity index (χ0) is 13.3. The van der Waals surface area contributed by atoms with Gasteiger partial charge in [0.2, 0.25) is 0 Å². The summed E-state index contributed by atoms with van der Waals surface area (Å²) in [5.41, 5.74) is 0. The van der Waals surface area contributed by atoms with Crippen molar-refractivity contribution in [2.75, 3.05) is 40.0 Å². The highest BCUT2D eigenvalue weighted by atomic mass is 32.2. The minimum Gasteiger partial charge on any atom is -0.396 e. The maximum atomic E-state index is 11.6. The van der Waals surface area contributed by atoms with Gasteiger partial charge < -0.3 is 9.84 Å². The van der Waals surface area contributed by atoms with Gasteiger partial charge in [-0.15, -0.1) is 0 Å². The average molecular weight is 268 g/mol. The first kappa shape index (κ1) is 16.8. The van der Waals surface area contributed by atoms with E-state index in [1.165, 1.54) is 11.4 Å². The Morgan fingerprint density at radius 1 is 1.41 bits per heavy atom. The fourth-order valence-electron chi connectivity index (χ4n) is 1.09. The third kappa shape index (κ3) is 8.50. The smallest absolute Gasteiger partial charge is 0.279 e. The standard InChI is InChI=1S/C10H24N2O4S/c1-10(2)9-16-8-5-11-17(14,15)12(3)6-4-7-13/h10-11,13H,4-9H2,1-3H3. The molecule has 0 aromatic rings. The minimum absolute atomic E-state index is 0.0165. The van der Waals surface area contributed by atoms with E-state index in [4.69, 9.17) is 9.84 Å². The van der Waals surface area contributed by atoms with Crippen molar-refractivity contribution in [1.29, 1.82) is 0 Å². The van der Waals surface area contributed by atoms with Gasteiger partial charge in [-0.05, 0) is 12.3 Å². The average Bonchev–Trinajstić information content (AvgIpc) is 2.24. The lowest BCUT2D eigenvalue weighted by Gasteiger charge is -2.17. The van der Waals surface area contributed by atoms with Crippen molar-refractivity contribution >= 4 is 10.2 Å². The molecule has 0 saturated carbocycles. The fraction of sp³-hybridized carbons (Fsp3) is 1.00. The molecule has 0 heterocycles. The number of aliphatic hydroxyl groups is 1. The summed E-state index contributed by atoms with van der Waals surface area (Å²) in [6.45, 7) is 5.61. The van der Waals surface area contributed by atoms with E-state index in [1.54, 1.807) is 0 Å². The van der Waals surface area contributed by atoms with E-state index in [2.05, 4.69) is 4.72 Å². The number of ether oxygens (including phenoxy) is 1. The van der Waals surface area contributed by atoms with Crippen LogP contribution >= 0.6 is 0 Å². The Morgan fingerprint density at radius 3 is 2.59 bits per heavy atom. The van der Waals surface area contributed by atoms with Crippen LogP contribution < -0.4 is 4.72 Å². The molecule has 6 nitrogen and oxygen atoms in total. The second-order valence-corrected chi connectivity index (χ2v) is 6.13. The molecular weight excluding hydrogens is 244 g/mol. The lowest BCUT2D eigenvalue weighted by Crippen LogP contribution is -2.40. The Balaban J connectivity index is 3.77. The lowest BCUT2D eigenvalue weighted by molar-refractivity contribution is 0.114. The van der Waals surface area contributed by atoms with Crippen LogP contribution in [0.3, 0.4) is 0 Å². The molecule has 0 rings (SSSR count). The van der Waals surface area contributed by atoms with Crippen LogP contribution in [-0.2, 0) is 14.9 Å². The molecule has 0 bridgehead atoms. The number of nitrogens with one attached hydrogen (secondary N) is 1. The van der Waals surface area contributed by atoms with Gasteiger partial charge in [-0.3, -0.25) is 0 Å². The maximum Gasteiger partial charge on any atom is 0.279 e. The Kier molecular flexibility index (Phi) is 8.71. The third-order valence-electron chi connectivity index (χ3n) is 2.02. The molecule has 0 amide bonds. The first-order chi connectivity index (χ1) is 7.90. The normalized spacial score (nSPS) is 12.6. The largest absolute Gasteiger partial charge is 0.396 e. The molecule has 0 saturated heterocycles. The Bertz CT molecular complexity index is 280. The molecule has 0 atom stereocenters. The van der Waals surface area contributed by atoms with Crippen molar-refractivity contribution in [2.45, 2.75) is 20.3 Å². The first-order valence-electron chi connectivity index (χ1n) is 5.79. The topological polar surface area (TPSA) is 78.9 Å². The molecule has 0 fully saturated rings. The van der Waals surface area contributed by atoms with E-state index in [-0.39, 0.29) is 13.2 Å². The molecule has 0 aromatic heterocycles. The summed E-state index contributed by atoms with van der Waals surface area (Å²) < 4.78 is 32.1. The van der Waals surface area contributed by atoms with Crippen molar-refractivity contribution in [2.24, 2.45) is 5.92 Å². The quantitative estimate of drug-likeness (QED) is 0.538. The molecule has 0 aliphatic rings. The Morgan fingerprint density at radius 2 is 2.06 bits per heavy atom. The fourth-order valence-corrected chi connectivity index (χ4v) is 2.02. The Labute approximate surface area is 104 Å². The third-order valence-corrected chi connectivity index (χ3v) is 3.60.